The van der Waals surface area contributed by atoms with Crippen molar-refractivity contribution >= 4 is 16.6 Å². The third kappa shape index (κ3) is 1.91. The average molecular weight is 230 g/mol. The number of aromatic nitrogens is 1. The van der Waals surface area contributed by atoms with Gasteiger partial charge < -0.3 is 15.0 Å². The maximum absolute atomic E-state index is 9.16. The third-order valence-electron chi connectivity index (χ3n) is 3.78. The molecular formula is C14H18N2O. The van der Waals surface area contributed by atoms with Crippen LogP contribution in [0, 0.1) is 5.92 Å². The number of nitrogens with zero attached hydrogens (tertiary/aromatic N) is 1. The molecule has 0 atom stereocenters. The van der Waals surface area contributed by atoms with Gasteiger partial charge >= 0.3 is 0 Å². The summed E-state index contributed by atoms with van der Waals surface area (Å²) >= 11 is 0. The van der Waals surface area contributed by atoms with E-state index in [1.807, 2.05) is 6.20 Å². The predicted molar refractivity (Wildman–Crippen MR) is 70.3 cm³/mol. The number of rotatable bonds is 2. The Balaban J connectivity index is 1.87. The Morgan fingerprint density at radius 2 is 2.06 bits per heavy atom. The molecule has 0 radical (unpaired) electrons. The lowest BCUT2D eigenvalue weighted by molar-refractivity contribution is 0.203. The van der Waals surface area contributed by atoms with Gasteiger partial charge in [-0.05, 0) is 30.9 Å². The van der Waals surface area contributed by atoms with Gasteiger partial charge in [-0.1, -0.05) is 12.1 Å². The molecule has 0 saturated carbocycles. The van der Waals surface area contributed by atoms with E-state index in [0.29, 0.717) is 12.5 Å². The molecule has 90 valence electrons. The van der Waals surface area contributed by atoms with Crippen LogP contribution in [0.5, 0.6) is 0 Å². The summed E-state index contributed by atoms with van der Waals surface area (Å²) in [7, 11) is 0. The first-order valence-electron chi connectivity index (χ1n) is 6.30. The van der Waals surface area contributed by atoms with Gasteiger partial charge in [-0.3, -0.25) is 0 Å². The van der Waals surface area contributed by atoms with E-state index in [1.165, 1.54) is 16.6 Å². The van der Waals surface area contributed by atoms with E-state index >= 15 is 0 Å². The summed E-state index contributed by atoms with van der Waals surface area (Å²) in [6.07, 6.45) is 4.18. The van der Waals surface area contributed by atoms with Crippen molar-refractivity contribution < 1.29 is 5.11 Å². The zero-order chi connectivity index (χ0) is 11.7. The first-order chi connectivity index (χ1) is 8.38. The summed E-state index contributed by atoms with van der Waals surface area (Å²) in [5.41, 5.74) is 2.53. The second kappa shape index (κ2) is 4.41. The highest BCUT2D eigenvalue weighted by Crippen LogP contribution is 2.29. The minimum absolute atomic E-state index is 0.334. The topological polar surface area (TPSA) is 39.3 Å². The molecule has 1 saturated heterocycles. The van der Waals surface area contributed by atoms with Gasteiger partial charge in [0.2, 0.25) is 0 Å². The fraction of sp³-hybridized carbons (Fsp3) is 0.429. The minimum Gasteiger partial charge on any atom is -0.396 e. The molecule has 0 amide bonds. The Morgan fingerprint density at radius 3 is 2.82 bits per heavy atom. The Labute approximate surface area is 101 Å². The van der Waals surface area contributed by atoms with E-state index in [1.54, 1.807) is 0 Å². The molecule has 0 aliphatic carbocycles. The molecule has 3 heteroatoms. The quantitative estimate of drug-likeness (QED) is 0.831. The van der Waals surface area contributed by atoms with Crippen LogP contribution in [-0.2, 0) is 0 Å². The molecule has 2 aromatic rings. The van der Waals surface area contributed by atoms with Crippen molar-refractivity contribution in [2.24, 2.45) is 5.92 Å². The molecule has 1 aromatic heterocycles. The number of hydrogen-bond donors (Lipinski definition) is 2. The molecule has 2 N–H and O–H groups in total. The average Bonchev–Trinajstić information content (AvgIpc) is 2.87. The number of aliphatic hydroxyl groups excluding tert-OH is 1. The molecule has 3 nitrogen and oxygen atoms in total. The number of hydrogen-bond acceptors (Lipinski definition) is 2. The second-order valence-electron chi connectivity index (χ2n) is 4.83. The fourth-order valence-corrected chi connectivity index (χ4v) is 2.69. The number of fused-ring (bicyclic) bond motifs is 1. The molecule has 1 aliphatic rings. The summed E-state index contributed by atoms with van der Waals surface area (Å²) in [5.74, 6) is 0.495. The van der Waals surface area contributed by atoms with Gasteiger partial charge in [0.25, 0.3) is 0 Å². The van der Waals surface area contributed by atoms with Crippen LogP contribution >= 0.6 is 0 Å². The fourth-order valence-electron chi connectivity index (χ4n) is 2.69. The zero-order valence-corrected chi connectivity index (χ0v) is 9.89. The van der Waals surface area contributed by atoms with Crippen molar-refractivity contribution in [1.82, 2.24) is 4.98 Å². The van der Waals surface area contributed by atoms with Crippen molar-refractivity contribution in [3.8, 4) is 0 Å². The van der Waals surface area contributed by atoms with Crippen LogP contribution in [0.2, 0.25) is 0 Å². The molecule has 2 heterocycles. The van der Waals surface area contributed by atoms with Crippen LogP contribution in [-0.4, -0.2) is 29.8 Å². The van der Waals surface area contributed by atoms with Crippen LogP contribution in [0.3, 0.4) is 0 Å². The number of benzene rings is 1. The van der Waals surface area contributed by atoms with Gasteiger partial charge in [0.1, 0.15) is 0 Å². The van der Waals surface area contributed by atoms with Crippen molar-refractivity contribution in [1.29, 1.82) is 0 Å². The molecule has 17 heavy (non-hydrogen) atoms. The highest BCUT2D eigenvalue weighted by atomic mass is 16.3. The van der Waals surface area contributed by atoms with Gasteiger partial charge in [-0.25, -0.2) is 0 Å². The van der Waals surface area contributed by atoms with Crippen LogP contribution in [0.1, 0.15) is 12.8 Å². The molecule has 0 spiro atoms. The molecule has 3 rings (SSSR count). The predicted octanol–water partition coefficient (Wildman–Crippen LogP) is 2.38. The smallest absolute Gasteiger partial charge is 0.0691 e. The Bertz CT molecular complexity index is 498. The monoisotopic (exact) mass is 230 g/mol. The standard InChI is InChI=1S/C14H18N2O/c17-10-11-5-8-16(9-6-11)13-3-1-2-12-4-7-15-14(12)13/h1-4,7,11,15,17H,5-6,8-10H2. The van der Waals surface area contributed by atoms with Crippen molar-refractivity contribution in [3.05, 3.63) is 30.5 Å². The minimum atomic E-state index is 0.334. The zero-order valence-electron chi connectivity index (χ0n) is 9.89. The van der Waals surface area contributed by atoms with E-state index in [2.05, 4.69) is 34.1 Å². The summed E-state index contributed by atoms with van der Waals surface area (Å²) in [4.78, 5) is 5.74. The van der Waals surface area contributed by atoms with Gasteiger partial charge in [-0.15, -0.1) is 0 Å². The van der Waals surface area contributed by atoms with Crippen LogP contribution in [0.15, 0.2) is 30.5 Å². The van der Waals surface area contributed by atoms with Gasteiger partial charge in [0.15, 0.2) is 0 Å². The van der Waals surface area contributed by atoms with Gasteiger partial charge in [0, 0.05) is 31.3 Å². The number of aromatic amines is 1. The number of para-hydroxylation sites is 1. The second-order valence-corrected chi connectivity index (χ2v) is 4.83. The summed E-state index contributed by atoms with van der Waals surface area (Å²) < 4.78 is 0. The van der Waals surface area contributed by atoms with E-state index in [0.717, 1.165) is 25.9 Å². The van der Waals surface area contributed by atoms with Gasteiger partial charge in [-0.2, -0.15) is 0 Å². The molecule has 1 fully saturated rings. The van der Waals surface area contributed by atoms with E-state index in [9.17, 15) is 0 Å². The molecule has 1 aliphatic heterocycles. The van der Waals surface area contributed by atoms with Crippen molar-refractivity contribution in [2.45, 2.75) is 12.8 Å². The van der Waals surface area contributed by atoms with Crippen molar-refractivity contribution in [2.75, 3.05) is 24.6 Å². The third-order valence-corrected chi connectivity index (χ3v) is 3.78. The lowest BCUT2D eigenvalue weighted by Crippen LogP contribution is -2.34. The lowest BCUT2D eigenvalue weighted by Gasteiger charge is -2.33. The van der Waals surface area contributed by atoms with E-state index < -0.39 is 0 Å². The van der Waals surface area contributed by atoms with Crippen LogP contribution in [0.25, 0.3) is 10.9 Å². The SMILES string of the molecule is OCC1CCN(c2cccc3cc[nH]c23)CC1. The highest BCUT2D eigenvalue weighted by molar-refractivity contribution is 5.91. The van der Waals surface area contributed by atoms with Crippen molar-refractivity contribution in [3.63, 3.8) is 0 Å². The highest BCUT2D eigenvalue weighted by Gasteiger charge is 2.19. The summed E-state index contributed by atoms with van der Waals surface area (Å²) in [6, 6.07) is 8.54. The van der Waals surface area contributed by atoms with Gasteiger partial charge in [0.05, 0.1) is 11.2 Å². The first kappa shape index (κ1) is 10.7. The van der Waals surface area contributed by atoms with Crippen LogP contribution < -0.4 is 4.90 Å². The van der Waals surface area contributed by atoms with E-state index in [-0.39, 0.29) is 0 Å². The Hall–Kier alpha value is -1.48. The number of H-pyrrole nitrogens is 1. The molecular weight excluding hydrogens is 212 g/mol. The number of anilines is 1. The summed E-state index contributed by atoms with van der Waals surface area (Å²) in [5, 5.41) is 10.4. The molecule has 0 unspecified atom stereocenters. The van der Waals surface area contributed by atoms with E-state index in [4.69, 9.17) is 5.11 Å². The van der Waals surface area contributed by atoms with Crippen LogP contribution in [0.4, 0.5) is 5.69 Å². The number of aliphatic hydroxyl groups is 1. The number of nitrogens with one attached hydrogen (secondary N) is 1. The molecule has 1 aromatic carbocycles. The Kier molecular flexibility index (Phi) is 2.77. The maximum Gasteiger partial charge on any atom is 0.0691 e. The maximum atomic E-state index is 9.16. The largest absolute Gasteiger partial charge is 0.396 e. The normalized spacial score (nSPS) is 17.8. The lowest BCUT2D eigenvalue weighted by atomic mass is 9.97. The molecule has 0 bridgehead atoms. The Morgan fingerprint density at radius 1 is 1.24 bits per heavy atom. The summed E-state index contributed by atoms with van der Waals surface area (Å²) in [6.45, 7) is 2.42. The number of piperidine rings is 1. The first-order valence-corrected chi connectivity index (χ1v) is 6.30.